The Kier molecular flexibility index (Phi) is 5.52. The van der Waals surface area contributed by atoms with Crippen molar-refractivity contribution in [3.8, 4) is 33.6 Å². The highest BCUT2D eigenvalue weighted by Crippen LogP contribution is 2.29. The van der Waals surface area contributed by atoms with Gasteiger partial charge in [-0.3, -0.25) is 10.6 Å². The Morgan fingerprint density at radius 1 is 0.594 bits per heavy atom. The maximum absolute atomic E-state index is 4.58. The third-order valence-electron chi connectivity index (χ3n) is 6.01. The number of aromatic nitrogens is 4. The minimum atomic E-state index is 0.325. The summed E-state index contributed by atoms with van der Waals surface area (Å²) in [6.07, 6.45) is 3.87. The number of imidazole rings is 2. The van der Waals surface area contributed by atoms with Crippen LogP contribution in [-0.2, 0) is 0 Å². The summed E-state index contributed by atoms with van der Waals surface area (Å²) < 4.78 is 0. The Morgan fingerprint density at radius 3 is 1.38 bits per heavy atom. The first-order chi connectivity index (χ1) is 15.8. The fourth-order valence-corrected chi connectivity index (χ4v) is 6.04. The smallest absolute Gasteiger partial charge is 0.124 e. The highest BCUT2D eigenvalue weighted by molar-refractivity contribution is 7.99. The van der Waals surface area contributed by atoms with Crippen LogP contribution in [0.4, 0.5) is 0 Å². The average Bonchev–Trinajstić information content (AvgIpc) is 3.66. The number of nitrogens with one attached hydrogen (secondary N) is 4. The number of benzene rings is 2. The number of thioether (sulfide) groups is 2. The zero-order valence-corrected chi connectivity index (χ0v) is 19.1. The van der Waals surface area contributed by atoms with Crippen molar-refractivity contribution in [2.24, 2.45) is 0 Å². The second-order valence-electron chi connectivity index (χ2n) is 8.06. The second-order valence-corrected chi connectivity index (χ2v) is 10.1. The van der Waals surface area contributed by atoms with Gasteiger partial charge < -0.3 is 9.97 Å². The van der Waals surface area contributed by atoms with Gasteiger partial charge in [-0.1, -0.05) is 48.5 Å². The molecule has 2 aliphatic heterocycles. The van der Waals surface area contributed by atoms with E-state index in [1.165, 1.54) is 11.1 Å². The van der Waals surface area contributed by atoms with E-state index >= 15 is 0 Å². The Balaban J connectivity index is 1.17. The van der Waals surface area contributed by atoms with Crippen LogP contribution in [0.3, 0.4) is 0 Å². The second kappa shape index (κ2) is 8.78. The van der Waals surface area contributed by atoms with E-state index in [1.807, 2.05) is 35.9 Å². The summed E-state index contributed by atoms with van der Waals surface area (Å²) in [4.78, 5) is 16.1. The minimum absolute atomic E-state index is 0.325. The molecule has 2 aliphatic rings. The van der Waals surface area contributed by atoms with Gasteiger partial charge in [-0.25, -0.2) is 9.97 Å². The largest absolute Gasteiger partial charge is 0.341 e. The summed E-state index contributed by atoms with van der Waals surface area (Å²) >= 11 is 3.82. The van der Waals surface area contributed by atoms with E-state index in [1.54, 1.807) is 0 Å². The Hall–Kier alpha value is -2.52. The van der Waals surface area contributed by atoms with Crippen molar-refractivity contribution < 1.29 is 0 Å². The predicted octanol–water partition coefficient (Wildman–Crippen LogP) is 4.80. The first-order valence-electron chi connectivity index (χ1n) is 10.8. The lowest BCUT2D eigenvalue weighted by atomic mass is 10.0. The SMILES string of the molecule is c1cc(-c2cnc([C@@H]3CSCN3)[nH]2)ccc1-c1ccc(-c2cnc([C@@H]3CSCN3)[nH]2)cc1. The number of aromatic amines is 2. The number of nitrogens with zero attached hydrogens (tertiary/aromatic N) is 2. The molecule has 4 aromatic rings. The average molecular weight is 461 g/mol. The van der Waals surface area contributed by atoms with Gasteiger partial charge in [0.05, 0.1) is 35.9 Å². The van der Waals surface area contributed by atoms with Crippen LogP contribution < -0.4 is 10.6 Å². The van der Waals surface area contributed by atoms with Gasteiger partial charge in [0.2, 0.25) is 0 Å². The normalized spacial score (nSPS) is 20.8. The van der Waals surface area contributed by atoms with Gasteiger partial charge >= 0.3 is 0 Å². The zero-order valence-electron chi connectivity index (χ0n) is 17.5. The lowest BCUT2D eigenvalue weighted by Gasteiger charge is -2.07. The quantitative estimate of drug-likeness (QED) is 0.342. The first-order valence-corrected chi connectivity index (χ1v) is 13.1. The van der Waals surface area contributed by atoms with Gasteiger partial charge in [0.25, 0.3) is 0 Å². The summed E-state index contributed by atoms with van der Waals surface area (Å²) in [6.45, 7) is 0. The fraction of sp³-hybridized carbons (Fsp3) is 0.250. The Labute approximate surface area is 195 Å². The van der Waals surface area contributed by atoms with E-state index in [-0.39, 0.29) is 0 Å². The monoisotopic (exact) mass is 460 g/mol. The molecular formula is C24H24N6S2. The molecule has 0 bridgehead atoms. The van der Waals surface area contributed by atoms with E-state index in [0.717, 1.165) is 57.4 Å². The Bertz CT molecular complexity index is 1090. The molecule has 4 heterocycles. The zero-order chi connectivity index (χ0) is 21.3. The molecule has 6 rings (SSSR count). The van der Waals surface area contributed by atoms with Crippen molar-refractivity contribution in [3.63, 3.8) is 0 Å². The van der Waals surface area contributed by atoms with E-state index in [2.05, 4.69) is 79.1 Å². The summed E-state index contributed by atoms with van der Waals surface area (Å²) in [5, 5.41) is 6.92. The molecule has 6 nitrogen and oxygen atoms in total. The molecule has 0 spiro atoms. The standard InChI is InChI=1S/C24H24N6S2/c1-5-17(19-9-25-23(29-19)21-11-31-13-27-21)6-2-15(1)16-3-7-18(8-4-16)20-10-26-24(30-20)22-12-32-14-28-22/h1-10,21-22,27-28H,11-14H2,(H,25,29)(H,26,30)/t21-,22-/m0/s1. The van der Waals surface area contributed by atoms with Crippen LogP contribution in [-0.4, -0.2) is 43.2 Å². The molecule has 2 aromatic heterocycles. The van der Waals surface area contributed by atoms with Crippen molar-refractivity contribution in [1.82, 2.24) is 30.6 Å². The number of rotatable bonds is 5. The number of H-pyrrole nitrogens is 2. The van der Waals surface area contributed by atoms with Crippen LogP contribution in [0.25, 0.3) is 33.6 Å². The molecule has 2 saturated heterocycles. The summed E-state index contributed by atoms with van der Waals surface area (Å²) in [6, 6.07) is 18.0. The molecule has 8 heteroatoms. The van der Waals surface area contributed by atoms with Gasteiger partial charge in [0.1, 0.15) is 11.6 Å². The maximum Gasteiger partial charge on any atom is 0.124 e. The predicted molar refractivity (Wildman–Crippen MR) is 133 cm³/mol. The van der Waals surface area contributed by atoms with Crippen molar-refractivity contribution in [1.29, 1.82) is 0 Å². The molecule has 2 fully saturated rings. The summed E-state index contributed by atoms with van der Waals surface area (Å²) in [7, 11) is 0. The van der Waals surface area contributed by atoms with Crippen molar-refractivity contribution in [3.05, 3.63) is 72.6 Å². The van der Waals surface area contributed by atoms with Crippen LogP contribution in [0.1, 0.15) is 23.7 Å². The molecule has 0 radical (unpaired) electrons. The van der Waals surface area contributed by atoms with E-state index < -0.39 is 0 Å². The summed E-state index contributed by atoms with van der Waals surface area (Å²) in [5.41, 5.74) is 6.83. The molecule has 32 heavy (non-hydrogen) atoms. The van der Waals surface area contributed by atoms with Gasteiger partial charge in [0, 0.05) is 23.3 Å². The van der Waals surface area contributed by atoms with Crippen molar-refractivity contribution in [2.75, 3.05) is 23.3 Å². The maximum atomic E-state index is 4.58. The van der Waals surface area contributed by atoms with Crippen LogP contribution in [0.2, 0.25) is 0 Å². The van der Waals surface area contributed by atoms with E-state index in [9.17, 15) is 0 Å². The van der Waals surface area contributed by atoms with Crippen molar-refractivity contribution in [2.45, 2.75) is 12.1 Å². The number of hydrogen-bond donors (Lipinski definition) is 4. The first kappa shape index (κ1) is 20.1. The van der Waals surface area contributed by atoms with Crippen molar-refractivity contribution >= 4 is 23.5 Å². The third kappa shape index (κ3) is 3.99. The van der Waals surface area contributed by atoms with Crippen LogP contribution in [0, 0.1) is 0 Å². The van der Waals surface area contributed by atoms with Gasteiger partial charge in [-0.15, -0.1) is 23.5 Å². The molecule has 2 atom stereocenters. The number of hydrogen-bond acceptors (Lipinski definition) is 6. The molecule has 4 N–H and O–H groups in total. The van der Waals surface area contributed by atoms with Gasteiger partial charge in [-0.05, 0) is 22.3 Å². The van der Waals surface area contributed by atoms with Crippen LogP contribution in [0.15, 0.2) is 60.9 Å². The topological polar surface area (TPSA) is 81.4 Å². The molecule has 0 saturated carbocycles. The van der Waals surface area contributed by atoms with E-state index in [4.69, 9.17) is 0 Å². The third-order valence-corrected chi connectivity index (χ3v) is 7.89. The fourth-order valence-electron chi connectivity index (χ4n) is 4.15. The van der Waals surface area contributed by atoms with Gasteiger partial charge in [0.15, 0.2) is 0 Å². The minimum Gasteiger partial charge on any atom is -0.341 e. The highest BCUT2D eigenvalue weighted by atomic mass is 32.2. The summed E-state index contributed by atoms with van der Waals surface area (Å²) in [5.74, 6) is 6.17. The van der Waals surface area contributed by atoms with Crippen LogP contribution in [0.5, 0.6) is 0 Å². The highest BCUT2D eigenvalue weighted by Gasteiger charge is 2.20. The lowest BCUT2D eigenvalue weighted by molar-refractivity contribution is 0.641. The molecular weight excluding hydrogens is 436 g/mol. The molecule has 0 unspecified atom stereocenters. The molecule has 0 amide bonds. The van der Waals surface area contributed by atoms with Gasteiger partial charge in [-0.2, -0.15) is 0 Å². The molecule has 162 valence electrons. The lowest BCUT2D eigenvalue weighted by Crippen LogP contribution is -2.15. The molecule has 2 aromatic carbocycles. The Morgan fingerprint density at radius 2 is 1.00 bits per heavy atom. The van der Waals surface area contributed by atoms with E-state index in [0.29, 0.717) is 12.1 Å². The van der Waals surface area contributed by atoms with Crippen LogP contribution >= 0.6 is 23.5 Å². The molecule has 0 aliphatic carbocycles.